The summed E-state index contributed by atoms with van der Waals surface area (Å²) in [7, 11) is 0. The lowest BCUT2D eigenvalue weighted by molar-refractivity contribution is 0.0449. The molecule has 0 saturated carbocycles. The van der Waals surface area contributed by atoms with Gasteiger partial charge in [-0.3, -0.25) is 4.79 Å². The second-order valence-electron chi connectivity index (χ2n) is 5.13. The highest BCUT2D eigenvalue weighted by atomic mass is 16.3. The highest BCUT2D eigenvalue weighted by Gasteiger charge is 2.28. The zero-order valence-corrected chi connectivity index (χ0v) is 10.4. The van der Waals surface area contributed by atoms with Gasteiger partial charge in [-0.05, 0) is 51.0 Å². The van der Waals surface area contributed by atoms with Gasteiger partial charge < -0.3 is 10.0 Å². The van der Waals surface area contributed by atoms with Gasteiger partial charge >= 0.3 is 0 Å². The summed E-state index contributed by atoms with van der Waals surface area (Å²) in [6.07, 6.45) is 1.86. The summed E-state index contributed by atoms with van der Waals surface area (Å²) in [5.74, 6) is 0.0854. The molecule has 1 unspecified atom stereocenters. The van der Waals surface area contributed by atoms with Crippen LogP contribution < -0.4 is 4.90 Å². The first kappa shape index (κ1) is 12.1. The van der Waals surface area contributed by atoms with Crippen LogP contribution in [0.3, 0.4) is 0 Å². The minimum atomic E-state index is -0.600. The van der Waals surface area contributed by atoms with E-state index in [9.17, 15) is 9.90 Å². The van der Waals surface area contributed by atoms with Crippen LogP contribution in [0.1, 0.15) is 37.0 Å². The molecule has 92 valence electrons. The number of ketones is 1. The zero-order valence-electron chi connectivity index (χ0n) is 10.4. The van der Waals surface area contributed by atoms with Crippen molar-refractivity contribution in [2.24, 2.45) is 0 Å². The van der Waals surface area contributed by atoms with Gasteiger partial charge in [0, 0.05) is 24.3 Å². The molecule has 3 nitrogen and oxygen atoms in total. The number of hydrogen-bond acceptors (Lipinski definition) is 3. The summed E-state index contributed by atoms with van der Waals surface area (Å²) in [6.45, 7) is 5.08. The van der Waals surface area contributed by atoms with Crippen LogP contribution in [-0.2, 0) is 0 Å². The maximum atomic E-state index is 11.2. The Morgan fingerprint density at radius 1 is 1.35 bits per heavy atom. The van der Waals surface area contributed by atoms with Crippen LogP contribution in [0.25, 0.3) is 0 Å². The minimum Gasteiger partial charge on any atom is -0.388 e. The van der Waals surface area contributed by atoms with E-state index < -0.39 is 5.60 Å². The second kappa shape index (κ2) is 4.49. The van der Waals surface area contributed by atoms with Gasteiger partial charge in [0.1, 0.15) is 0 Å². The standard InChI is InChI=1S/C14H19NO2/c1-11(16)12-4-6-13(7-5-12)15-9-3-8-14(2,17)10-15/h4-7,17H,3,8-10H2,1-2H3. The molecule has 0 aliphatic carbocycles. The Morgan fingerprint density at radius 3 is 2.53 bits per heavy atom. The van der Waals surface area contributed by atoms with E-state index in [1.807, 2.05) is 31.2 Å². The smallest absolute Gasteiger partial charge is 0.159 e. The number of piperidine rings is 1. The van der Waals surface area contributed by atoms with E-state index in [1.54, 1.807) is 6.92 Å². The maximum Gasteiger partial charge on any atom is 0.159 e. The molecule has 1 aliphatic rings. The largest absolute Gasteiger partial charge is 0.388 e. The highest BCUT2D eigenvalue weighted by molar-refractivity contribution is 5.94. The van der Waals surface area contributed by atoms with Crippen molar-refractivity contribution in [1.29, 1.82) is 0 Å². The molecule has 0 bridgehead atoms. The topological polar surface area (TPSA) is 40.5 Å². The Morgan fingerprint density at radius 2 is 2.00 bits per heavy atom. The van der Waals surface area contributed by atoms with Gasteiger partial charge in [-0.25, -0.2) is 0 Å². The van der Waals surface area contributed by atoms with Crippen molar-refractivity contribution in [2.45, 2.75) is 32.3 Å². The molecule has 1 atom stereocenters. The molecule has 1 N–H and O–H groups in total. The summed E-state index contributed by atoms with van der Waals surface area (Å²) >= 11 is 0. The van der Waals surface area contributed by atoms with Gasteiger partial charge in [-0.1, -0.05) is 0 Å². The van der Waals surface area contributed by atoms with Crippen molar-refractivity contribution in [1.82, 2.24) is 0 Å². The average Bonchev–Trinajstić information content (AvgIpc) is 2.28. The number of carbonyl (C=O) groups excluding carboxylic acids is 1. The quantitative estimate of drug-likeness (QED) is 0.796. The van der Waals surface area contributed by atoms with Gasteiger partial charge in [0.15, 0.2) is 5.78 Å². The molecule has 0 radical (unpaired) electrons. The Balaban J connectivity index is 2.14. The van der Waals surface area contributed by atoms with Crippen molar-refractivity contribution in [3.63, 3.8) is 0 Å². The minimum absolute atomic E-state index is 0.0854. The highest BCUT2D eigenvalue weighted by Crippen LogP contribution is 2.25. The van der Waals surface area contributed by atoms with Crippen LogP contribution in [0.2, 0.25) is 0 Å². The maximum absolute atomic E-state index is 11.2. The van der Waals surface area contributed by atoms with Gasteiger partial charge in [0.2, 0.25) is 0 Å². The molecule has 1 fully saturated rings. The van der Waals surface area contributed by atoms with Crippen molar-refractivity contribution in [3.8, 4) is 0 Å². The third kappa shape index (κ3) is 2.86. The number of carbonyl (C=O) groups is 1. The van der Waals surface area contributed by atoms with Crippen LogP contribution in [-0.4, -0.2) is 29.6 Å². The fraction of sp³-hybridized carbons (Fsp3) is 0.500. The predicted molar refractivity (Wildman–Crippen MR) is 68.5 cm³/mol. The number of nitrogens with zero attached hydrogens (tertiary/aromatic N) is 1. The first-order valence-corrected chi connectivity index (χ1v) is 6.06. The fourth-order valence-electron chi connectivity index (χ4n) is 2.35. The van der Waals surface area contributed by atoms with Crippen LogP contribution in [0, 0.1) is 0 Å². The molecule has 1 aromatic rings. The first-order valence-electron chi connectivity index (χ1n) is 6.06. The molecular formula is C14H19NO2. The van der Waals surface area contributed by atoms with Crippen LogP contribution in [0.5, 0.6) is 0 Å². The summed E-state index contributed by atoms with van der Waals surface area (Å²) in [4.78, 5) is 13.4. The second-order valence-corrected chi connectivity index (χ2v) is 5.13. The van der Waals surface area contributed by atoms with E-state index in [2.05, 4.69) is 4.90 Å². The average molecular weight is 233 g/mol. The molecule has 1 aromatic carbocycles. The molecule has 1 aliphatic heterocycles. The molecule has 0 aromatic heterocycles. The summed E-state index contributed by atoms with van der Waals surface area (Å²) in [6, 6.07) is 7.61. The third-order valence-corrected chi connectivity index (χ3v) is 3.31. The van der Waals surface area contributed by atoms with Gasteiger partial charge in [-0.2, -0.15) is 0 Å². The van der Waals surface area contributed by atoms with Crippen molar-refractivity contribution >= 4 is 11.5 Å². The molecule has 2 rings (SSSR count). The Kier molecular flexibility index (Phi) is 3.20. The molecule has 1 heterocycles. The lowest BCUT2D eigenvalue weighted by atomic mass is 9.94. The summed E-state index contributed by atoms with van der Waals surface area (Å²) < 4.78 is 0. The number of anilines is 1. The van der Waals surface area contributed by atoms with Gasteiger partial charge in [0.05, 0.1) is 5.60 Å². The van der Waals surface area contributed by atoms with Gasteiger partial charge in [-0.15, -0.1) is 0 Å². The third-order valence-electron chi connectivity index (χ3n) is 3.31. The van der Waals surface area contributed by atoms with E-state index in [0.717, 1.165) is 30.6 Å². The van der Waals surface area contributed by atoms with Crippen LogP contribution in [0.15, 0.2) is 24.3 Å². The Labute approximate surface area is 102 Å². The first-order chi connectivity index (χ1) is 7.98. The number of hydrogen-bond donors (Lipinski definition) is 1. The molecule has 0 spiro atoms. The van der Waals surface area contributed by atoms with Crippen LogP contribution >= 0.6 is 0 Å². The fourth-order valence-corrected chi connectivity index (χ4v) is 2.35. The monoisotopic (exact) mass is 233 g/mol. The van der Waals surface area contributed by atoms with E-state index in [1.165, 1.54) is 0 Å². The Hall–Kier alpha value is -1.35. The molecule has 1 saturated heterocycles. The summed E-state index contributed by atoms with van der Waals surface area (Å²) in [5.41, 5.74) is 1.21. The number of benzene rings is 1. The SMILES string of the molecule is CC(=O)c1ccc(N2CCCC(C)(O)C2)cc1. The predicted octanol–water partition coefficient (Wildman–Crippen LogP) is 2.24. The van der Waals surface area contributed by atoms with E-state index in [-0.39, 0.29) is 5.78 Å². The molecule has 0 amide bonds. The number of aliphatic hydroxyl groups is 1. The van der Waals surface area contributed by atoms with Gasteiger partial charge in [0.25, 0.3) is 0 Å². The lowest BCUT2D eigenvalue weighted by Crippen LogP contribution is -2.46. The molecular weight excluding hydrogens is 214 g/mol. The normalized spacial score (nSPS) is 24.8. The number of Topliss-reactive ketones (excluding diaryl/α,β-unsaturated/α-hetero) is 1. The summed E-state index contributed by atoms with van der Waals surface area (Å²) in [5, 5.41) is 10.1. The van der Waals surface area contributed by atoms with Crippen molar-refractivity contribution in [2.75, 3.05) is 18.0 Å². The van der Waals surface area contributed by atoms with E-state index in [0.29, 0.717) is 6.54 Å². The van der Waals surface area contributed by atoms with Crippen molar-refractivity contribution in [3.05, 3.63) is 29.8 Å². The zero-order chi connectivity index (χ0) is 12.5. The number of β-amino-alcohol motifs (C(OH)–C–C–N with tert-alkyl or cyclic N) is 1. The van der Waals surface area contributed by atoms with Crippen molar-refractivity contribution < 1.29 is 9.90 Å². The van der Waals surface area contributed by atoms with E-state index in [4.69, 9.17) is 0 Å². The van der Waals surface area contributed by atoms with Crippen LogP contribution in [0.4, 0.5) is 5.69 Å². The molecule has 3 heteroatoms. The van der Waals surface area contributed by atoms with E-state index >= 15 is 0 Å². The lowest BCUT2D eigenvalue weighted by Gasteiger charge is -2.38. The number of rotatable bonds is 2. The molecule has 17 heavy (non-hydrogen) atoms. The Bertz CT molecular complexity index is 409.